The molecule has 0 unspecified atom stereocenters. The van der Waals surface area contributed by atoms with E-state index < -0.39 is 0 Å². The number of benzene rings is 2. The summed E-state index contributed by atoms with van der Waals surface area (Å²) in [7, 11) is 0. The lowest BCUT2D eigenvalue weighted by Gasteiger charge is -2.20. The van der Waals surface area contributed by atoms with Crippen molar-refractivity contribution >= 4 is 5.97 Å². The highest BCUT2D eigenvalue weighted by molar-refractivity contribution is 5.83. The van der Waals surface area contributed by atoms with Crippen LogP contribution in [0.25, 0.3) is 0 Å². The minimum Gasteiger partial charge on any atom is -0.462 e. The zero-order chi connectivity index (χ0) is 14.8. The number of hydrogen-bond donors (Lipinski definition) is 0. The first-order valence-electron chi connectivity index (χ1n) is 7.53. The number of fused-ring (bicyclic) bond motifs is 2. The van der Waals surface area contributed by atoms with Crippen molar-refractivity contribution in [3.05, 3.63) is 70.8 Å². The molecule has 1 aliphatic carbocycles. The first-order valence-corrected chi connectivity index (χ1v) is 7.53. The van der Waals surface area contributed by atoms with Gasteiger partial charge in [0.1, 0.15) is 5.92 Å². The maximum Gasteiger partial charge on any atom is 0.318 e. The lowest BCUT2D eigenvalue weighted by Crippen LogP contribution is -2.21. The second-order valence-electron chi connectivity index (χ2n) is 5.82. The lowest BCUT2D eigenvalue weighted by atomic mass is 9.88. The van der Waals surface area contributed by atoms with Gasteiger partial charge in [0.15, 0.2) is 0 Å². The lowest BCUT2D eigenvalue weighted by molar-refractivity contribution is -0.148. The summed E-state index contributed by atoms with van der Waals surface area (Å²) in [6.45, 7) is 3.79. The maximum absolute atomic E-state index is 12.7. The van der Waals surface area contributed by atoms with E-state index in [1.165, 1.54) is 11.1 Å². The van der Waals surface area contributed by atoms with Crippen LogP contribution in [0.4, 0.5) is 0 Å². The van der Waals surface area contributed by atoms with E-state index in [1.807, 2.05) is 38.1 Å². The Labute approximate surface area is 125 Å². The Kier molecular flexibility index (Phi) is 3.78. The standard InChI is InChI=1S/C19H20O2/c1-13(2)21-19(20)18-16-9-5-3-7-14(16)11-12-15-8-4-6-10-17(15)18/h3-10,13,18H,11-12H2,1-2H3. The van der Waals surface area contributed by atoms with Crippen molar-refractivity contribution in [1.82, 2.24) is 0 Å². The Morgan fingerprint density at radius 1 is 0.952 bits per heavy atom. The fourth-order valence-electron chi connectivity index (χ4n) is 3.08. The van der Waals surface area contributed by atoms with Gasteiger partial charge < -0.3 is 4.74 Å². The van der Waals surface area contributed by atoms with Gasteiger partial charge in [0, 0.05) is 0 Å². The maximum atomic E-state index is 12.7. The molecule has 2 nitrogen and oxygen atoms in total. The normalized spacial score (nSPS) is 14.2. The van der Waals surface area contributed by atoms with Gasteiger partial charge >= 0.3 is 5.97 Å². The summed E-state index contributed by atoms with van der Waals surface area (Å²) in [5.41, 5.74) is 4.68. The van der Waals surface area contributed by atoms with Crippen LogP contribution in [0.5, 0.6) is 0 Å². The first kappa shape index (κ1) is 13.9. The van der Waals surface area contributed by atoms with Crippen LogP contribution >= 0.6 is 0 Å². The molecule has 0 N–H and O–H groups in total. The predicted octanol–water partition coefficient (Wildman–Crippen LogP) is 3.87. The monoisotopic (exact) mass is 280 g/mol. The van der Waals surface area contributed by atoms with Gasteiger partial charge in [0.25, 0.3) is 0 Å². The van der Waals surface area contributed by atoms with Crippen molar-refractivity contribution in [2.24, 2.45) is 0 Å². The van der Waals surface area contributed by atoms with Crippen LogP contribution in [0.2, 0.25) is 0 Å². The van der Waals surface area contributed by atoms with Crippen LogP contribution in [0.3, 0.4) is 0 Å². The van der Waals surface area contributed by atoms with Crippen molar-refractivity contribution in [3.8, 4) is 0 Å². The van der Waals surface area contributed by atoms with E-state index in [2.05, 4.69) is 24.3 Å². The summed E-state index contributed by atoms with van der Waals surface area (Å²) in [6.07, 6.45) is 1.84. The van der Waals surface area contributed by atoms with Crippen LogP contribution in [0.15, 0.2) is 48.5 Å². The number of esters is 1. The number of hydrogen-bond acceptors (Lipinski definition) is 2. The van der Waals surface area contributed by atoms with E-state index in [-0.39, 0.29) is 18.0 Å². The quantitative estimate of drug-likeness (QED) is 0.781. The SMILES string of the molecule is CC(C)OC(=O)C1c2ccccc2CCc2ccccc21. The van der Waals surface area contributed by atoms with Gasteiger partial charge in [-0.25, -0.2) is 0 Å². The van der Waals surface area contributed by atoms with Gasteiger partial charge in [-0.05, 0) is 48.9 Å². The third-order valence-electron chi connectivity index (χ3n) is 3.98. The third kappa shape index (κ3) is 2.71. The summed E-state index contributed by atoms with van der Waals surface area (Å²) < 4.78 is 5.52. The van der Waals surface area contributed by atoms with Gasteiger partial charge in [0.05, 0.1) is 6.10 Å². The predicted molar refractivity (Wildman–Crippen MR) is 83.4 cm³/mol. The number of rotatable bonds is 2. The van der Waals surface area contributed by atoms with Gasteiger partial charge in [0.2, 0.25) is 0 Å². The molecule has 1 aliphatic rings. The van der Waals surface area contributed by atoms with Crippen molar-refractivity contribution < 1.29 is 9.53 Å². The Morgan fingerprint density at radius 2 is 1.43 bits per heavy atom. The van der Waals surface area contributed by atoms with Gasteiger partial charge in [-0.2, -0.15) is 0 Å². The number of carbonyl (C=O) groups excluding carboxylic acids is 1. The summed E-state index contributed by atoms with van der Waals surface area (Å²) in [5, 5.41) is 0. The average Bonchev–Trinajstić information content (AvgIpc) is 2.63. The molecule has 0 atom stereocenters. The Bertz CT molecular complexity index is 611. The van der Waals surface area contributed by atoms with Gasteiger partial charge in [-0.1, -0.05) is 48.5 Å². The fraction of sp³-hybridized carbons (Fsp3) is 0.316. The molecule has 0 fully saturated rings. The molecule has 2 aromatic rings. The van der Waals surface area contributed by atoms with E-state index in [9.17, 15) is 4.79 Å². The Hall–Kier alpha value is -2.09. The Balaban J connectivity index is 2.13. The molecular formula is C19H20O2. The molecule has 0 radical (unpaired) electrons. The second kappa shape index (κ2) is 5.72. The summed E-state index contributed by atoms with van der Waals surface area (Å²) in [5.74, 6) is -0.450. The van der Waals surface area contributed by atoms with Gasteiger partial charge in [-0.15, -0.1) is 0 Å². The van der Waals surface area contributed by atoms with Crippen molar-refractivity contribution in [2.45, 2.75) is 38.7 Å². The highest BCUT2D eigenvalue weighted by Gasteiger charge is 2.30. The van der Waals surface area contributed by atoms with E-state index in [0.717, 1.165) is 24.0 Å². The molecule has 108 valence electrons. The molecule has 0 saturated heterocycles. The van der Waals surface area contributed by atoms with E-state index in [0.29, 0.717) is 0 Å². The molecule has 0 saturated carbocycles. The fourth-order valence-corrected chi connectivity index (χ4v) is 3.08. The van der Waals surface area contributed by atoms with Gasteiger partial charge in [-0.3, -0.25) is 4.79 Å². The summed E-state index contributed by atoms with van der Waals surface area (Å²) in [6, 6.07) is 16.4. The van der Waals surface area contributed by atoms with E-state index in [4.69, 9.17) is 4.74 Å². The first-order chi connectivity index (χ1) is 10.2. The molecule has 0 heterocycles. The van der Waals surface area contributed by atoms with Crippen molar-refractivity contribution in [1.29, 1.82) is 0 Å². The zero-order valence-electron chi connectivity index (χ0n) is 12.5. The summed E-state index contributed by atoms with van der Waals surface area (Å²) >= 11 is 0. The molecule has 21 heavy (non-hydrogen) atoms. The molecule has 3 rings (SSSR count). The molecule has 0 aromatic heterocycles. The van der Waals surface area contributed by atoms with Crippen LogP contribution in [0, 0.1) is 0 Å². The zero-order valence-corrected chi connectivity index (χ0v) is 12.5. The molecule has 0 aliphatic heterocycles. The van der Waals surface area contributed by atoms with Crippen LogP contribution in [-0.2, 0) is 22.4 Å². The highest BCUT2D eigenvalue weighted by atomic mass is 16.5. The average molecular weight is 280 g/mol. The largest absolute Gasteiger partial charge is 0.462 e. The Morgan fingerprint density at radius 3 is 1.90 bits per heavy atom. The molecule has 0 amide bonds. The van der Waals surface area contributed by atoms with Crippen molar-refractivity contribution in [2.75, 3.05) is 0 Å². The number of aryl methyl sites for hydroxylation is 2. The molecular weight excluding hydrogens is 260 g/mol. The smallest absolute Gasteiger partial charge is 0.318 e. The number of carbonyl (C=O) groups is 1. The third-order valence-corrected chi connectivity index (χ3v) is 3.98. The molecule has 0 bridgehead atoms. The topological polar surface area (TPSA) is 26.3 Å². The molecule has 2 heteroatoms. The minimum absolute atomic E-state index is 0.0972. The van der Waals surface area contributed by atoms with Crippen molar-refractivity contribution in [3.63, 3.8) is 0 Å². The van der Waals surface area contributed by atoms with Crippen LogP contribution < -0.4 is 0 Å². The van der Waals surface area contributed by atoms with Crippen LogP contribution in [-0.4, -0.2) is 12.1 Å². The summed E-state index contributed by atoms with van der Waals surface area (Å²) in [4.78, 5) is 12.7. The minimum atomic E-state index is -0.303. The molecule has 2 aromatic carbocycles. The highest BCUT2D eigenvalue weighted by Crippen LogP contribution is 2.35. The molecule has 0 spiro atoms. The second-order valence-corrected chi connectivity index (χ2v) is 5.82. The number of ether oxygens (including phenoxy) is 1. The van der Waals surface area contributed by atoms with E-state index in [1.54, 1.807) is 0 Å². The van der Waals surface area contributed by atoms with Crippen LogP contribution in [0.1, 0.15) is 42.0 Å². The van der Waals surface area contributed by atoms with E-state index >= 15 is 0 Å².